The van der Waals surface area contributed by atoms with Crippen LogP contribution in [0.1, 0.15) is 16.1 Å². The lowest BCUT2D eigenvalue weighted by atomic mass is 10.1. The van der Waals surface area contributed by atoms with Crippen molar-refractivity contribution >= 4 is 17.2 Å². The van der Waals surface area contributed by atoms with Gasteiger partial charge < -0.3 is 10.1 Å². The molecule has 122 valence electrons. The SMILES string of the molecule is O=C(NCCCOc1ccccc1)c1sccc1-c1ccccc1. The van der Waals surface area contributed by atoms with E-state index in [0.717, 1.165) is 28.2 Å². The minimum atomic E-state index is -0.0245. The van der Waals surface area contributed by atoms with E-state index in [2.05, 4.69) is 5.32 Å². The van der Waals surface area contributed by atoms with Gasteiger partial charge in [-0.25, -0.2) is 0 Å². The second-order valence-corrected chi connectivity index (χ2v) is 6.22. The van der Waals surface area contributed by atoms with Crippen LogP contribution in [0.3, 0.4) is 0 Å². The summed E-state index contributed by atoms with van der Waals surface area (Å²) in [5.41, 5.74) is 2.05. The Morgan fingerprint density at radius 2 is 1.67 bits per heavy atom. The number of nitrogens with one attached hydrogen (secondary N) is 1. The summed E-state index contributed by atoms with van der Waals surface area (Å²) < 4.78 is 5.62. The molecule has 0 spiro atoms. The maximum Gasteiger partial charge on any atom is 0.261 e. The molecule has 4 heteroatoms. The number of carbonyl (C=O) groups is 1. The largest absolute Gasteiger partial charge is 0.494 e. The van der Waals surface area contributed by atoms with E-state index in [1.54, 1.807) is 0 Å². The van der Waals surface area contributed by atoms with Crippen LogP contribution in [0, 0.1) is 0 Å². The zero-order chi connectivity index (χ0) is 16.6. The van der Waals surface area contributed by atoms with E-state index in [-0.39, 0.29) is 5.91 Å². The first kappa shape index (κ1) is 16.3. The molecule has 0 aliphatic rings. The quantitative estimate of drug-likeness (QED) is 0.639. The molecule has 0 fully saturated rings. The number of rotatable bonds is 7. The Balaban J connectivity index is 1.49. The molecule has 1 N–H and O–H groups in total. The topological polar surface area (TPSA) is 38.3 Å². The summed E-state index contributed by atoms with van der Waals surface area (Å²) >= 11 is 1.47. The fourth-order valence-electron chi connectivity index (χ4n) is 2.39. The fourth-order valence-corrected chi connectivity index (χ4v) is 3.22. The highest BCUT2D eigenvalue weighted by molar-refractivity contribution is 7.12. The molecule has 0 aliphatic heterocycles. The van der Waals surface area contributed by atoms with E-state index in [4.69, 9.17) is 4.74 Å². The second-order valence-electron chi connectivity index (χ2n) is 5.30. The van der Waals surface area contributed by atoms with Crippen molar-refractivity contribution in [1.29, 1.82) is 0 Å². The van der Waals surface area contributed by atoms with Crippen molar-refractivity contribution in [1.82, 2.24) is 5.32 Å². The molecule has 1 aromatic heterocycles. The van der Waals surface area contributed by atoms with Crippen molar-refractivity contribution in [2.75, 3.05) is 13.2 Å². The Morgan fingerprint density at radius 3 is 2.42 bits per heavy atom. The molecule has 1 amide bonds. The molecule has 0 aliphatic carbocycles. The minimum absolute atomic E-state index is 0.0245. The number of thiophene rings is 1. The van der Waals surface area contributed by atoms with E-state index in [1.165, 1.54) is 11.3 Å². The summed E-state index contributed by atoms with van der Waals surface area (Å²) in [6.45, 7) is 1.18. The van der Waals surface area contributed by atoms with Crippen molar-refractivity contribution in [2.45, 2.75) is 6.42 Å². The van der Waals surface area contributed by atoms with Crippen LogP contribution in [-0.4, -0.2) is 19.1 Å². The summed E-state index contributed by atoms with van der Waals surface area (Å²) in [7, 11) is 0. The molecule has 1 heterocycles. The lowest BCUT2D eigenvalue weighted by molar-refractivity contribution is 0.0956. The van der Waals surface area contributed by atoms with Crippen LogP contribution in [0.5, 0.6) is 5.75 Å². The number of amides is 1. The minimum Gasteiger partial charge on any atom is -0.494 e. The highest BCUT2D eigenvalue weighted by Gasteiger charge is 2.13. The maximum absolute atomic E-state index is 12.4. The Morgan fingerprint density at radius 1 is 0.958 bits per heavy atom. The average Bonchev–Trinajstić information content (AvgIpc) is 3.13. The molecule has 0 unspecified atom stereocenters. The van der Waals surface area contributed by atoms with Gasteiger partial charge in [0.25, 0.3) is 5.91 Å². The van der Waals surface area contributed by atoms with Crippen molar-refractivity contribution in [3.05, 3.63) is 77.0 Å². The van der Waals surface area contributed by atoms with E-state index >= 15 is 0 Å². The molecule has 0 saturated heterocycles. The third-order valence-corrected chi connectivity index (χ3v) is 4.49. The number of ether oxygens (including phenoxy) is 1. The summed E-state index contributed by atoms with van der Waals surface area (Å²) in [6, 6.07) is 21.7. The molecule has 24 heavy (non-hydrogen) atoms. The van der Waals surface area contributed by atoms with Crippen LogP contribution >= 0.6 is 11.3 Å². The number of para-hydroxylation sites is 1. The van der Waals surface area contributed by atoms with E-state index < -0.39 is 0 Å². The monoisotopic (exact) mass is 337 g/mol. The first-order valence-corrected chi connectivity index (χ1v) is 8.81. The van der Waals surface area contributed by atoms with Crippen molar-refractivity contribution in [3.8, 4) is 16.9 Å². The first-order chi connectivity index (χ1) is 11.8. The smallest absolute Gasteiger partial charge is 0.261 e. The fraction of sp³-hybridized carbons (Fsp3) is 0.150. The highest BCUT2D eigenvalue weighted by Crippen LogP contribution is 2.27. The van der Waals surface area contributed by atoms with Gasteiger partial charge in [-0.15, -0.1) is 11.3 Å². The molecule has 2 aromatic carbocycles. The molecule has 0 bridgehead atoms. The molecule has 3 aromatic rings. The lowest BCUT2D eigenvalue weighted by Crippen LogP contribution is -2.25. The number of benzene rings is 2. The van der Waals surface area contributed by atoms with Crippen molar-refractivity contribution < 1.29 is 9.53 Å². The third-order valence-electron chi connectivity index (χ3n) is 3.57. The van der Waals surface area contributed by atoms with Gasteiger partial charge in [0.1, 0.15) is 5.75 Å². The molecule has 0 atom stereocenters. The highest BCUT2D eigenvalue weighted by atomic mass is 32.1. The van der Waals surface area contributed by atoms with Gasteiger partial charge in [0, 0.05) is 12.1 Å². The van der Waals surface area contributed by atoms with Crippen LogP contribution in [0.15, 0.2) is 72.1 Å². The number of carbonyl (C=O) groups excluding carboxylic acids is 1. The van der Waals surface area contributed by atoms with E-state index in [0.29, 0.717) is 13.2 Å². The molecule has 3 rings (SSSR count). The maximum atomic E-state index is 12.4. The van der Waals surface area contributed by atoms with Gasteiger partial charge in [-0.3, -0.25) is 4.79 Å². The van der Waals surface area contributed by atoms with Crippen LogP contribution in [-0.2, 0) is 0 Å². The molecular weight excluding hydrogens is 318 g/mol. The second kappa shape index (κ2) is 8.31. The summed E-state index contributed by atoms with van der Waals surface area (Å²) in [5.74, 6) is 0.831. The van der Waals surface area contributed by atoms with Crippen molar-refractivity contribution in [2.24, 2.45) is 0 Å². The Bertz CT molecular complexity index is 769. The number of hydrogen-bond donors (Lipinski definition) is 1. The van der Waals surface area contributed by atoms with Crippen molar-refractivity contribution in [3.63, 3.8) is 0 Å². The Kier molecular flexibility index (Phi) is 5.64. The van der Waals surface area contributed by atoms with Gasteiger partial charge in [0.05, 0.1) is 11.5 Å². The van der Waals surface area contributed by atoms with Crippen LogP contribution in [0.4, 0.5) is 0 Å². The van der Waals surface area contributed by atoms with E-state index in [1.807, 2.05) is 72.1 Å². The van der Waals surface area contributed by atoms with Gasteiger partial charge in [-0.2, -0.15) is 0 Å². The Hall–Kier alpha value is -2.59. The van der Waals surface area contributed by atoms with Crippen LogP contribution < -0.4 is 10.1 Å². The predicted molar refractivity (Wildman–Crippen MR) is 98.6 cm³/mol. The zero-order valence-electron chi connectivity index (χ0n) is 13.3. The van der Waals surface area contributed by atoms with Gasteiger partial charge >= 0.3 is 0 Å². The standard InChI is InChI=1S/C20H19NO2S/c22-20(21-13-7-14-23-17-10-5-2-6-11-17)19-18(12-15-24-19)16-8-3-1-4-9-16/h1-6,8-12,15H,7,13-14H2,(H,21,22). The number of hydrogen-bond acceptors (Lipinski definition) is 3. The predicted octanol–water partition coefficient (Wildman–Crippen LogP) is 4.61. The summed E-state index contributed by atoms with van der Waals surface area (Å²) in [4.78, 5) is 13.1. The van der Waals surface area contributed by atoms with Gasteiger partial charge in [0.15, 0.2) is 0 Å². The molecule has 0 saturated carbocycles. The molecular formula is C20H19NO2S. The molecule has 3 nitrogen and oxygen atoms in total. The Labute approximate surface area is 145 Å². The van der Waals surface area contributed by atoms with Gasteiger partial charge in [0.2, 0.25) is 0 Å². The first-order valence-electron chi connectivity index (χ1n) is 7.93. The van der Waals surface area contributed by atoms with Crippen LogP contribution in [0.2, 0.25) is 0 Å². The van der Waals surface area contributed by atoms with Gasteiger partial charge in [-0.1, -0.05) is 48.5 Å². The van der Waals surface area contributed by atoms with Crippen LogP contribution in [0.25, 0.3) is 11.1 Å². The normalized spacial score (nSPS) is 10.3. The lowest BCUT2D eigenvalue weighted by Gasteiger charge is -2.08. The molecule has 0 radical (unpaired) electrons. The van der Waals surface area contributed by atoms with Gasteiger partial charge in [-0.05, 0) is 35.6 Å². The third kappa shape index (κ3) is 4.24. The average molecular weight is 337 g/mol. The zero-order valence-corrected chi connectivity index (χ0v) is 14.1. The summed E-state index contributed by atoms with van der Waals surface area (Å²) in [6.07, 6.45) is 0.771. The van der Waals surface area contributed by atoms with E-state index in [9.17, 15) is 4.79 Å². The summed E-state index contributed by atoms with van der Waals surface area (Å²) in [5, 5.41) is 4.93.